The molecular formula is C19H23F2N11O8P2S3. The number of alkyl halides is 2. The number of aromatic amines is 1. The van der Waals surface area contributed by atoms with Gasteiger partial charge in [0.2, 0.25) is 13.2 Å². The molecule has 2 saturated heterocycles. The fraction of sp³-hybridized carbons (Fsp3) is 0.526. The number of fused-ring (bicyclic) bond motifs is 2. The molecule has 0 bridgehead atoms. The van der Waals surface area contributed by atoms with Gasteiger partial charge < -0.3 is 25.8 Å². The first-order valence-corrected chi connectivity index (χ1v) is 18.9. The molecule has 19 nitrogen and oxygen atoms in total. The van der Waals surface area contributed by atoms with Crippen LogP contribution in [-0.4, -0.2) is 98.7 Å². The van der Waals surface area contributed by atoms with Crippen LogP contribution in [0.25, 0.3) is 22.3 Å². The maximum Gasteiger partial charge on any atom is 0.386 e. The van der Waals surface area contributed by atoms with Crippen LogP contribution in [0, 0.1) is 0 Å². The van der Waals surface area contributed by atoms with E-state index in [1.807, 2.05) is 0 Å². The van der Waals surface area contributed by atoms with E-state index in [0.717, 1.165) is 22.8 Å². The minimum atomic E-state index is -4.49. The Morgan fingerprint density at radius 3 is 2.73 bits per heavy atom. The number of hydrogen-bond donors (Lipinski definition) is 6. The molecule has 2 aliphatic rings. The molecule has 0 spiro atoms. The zero-order chi connectivity index (χ0) is 32.2. The van der Waals surface area contributed by atoms with Crippen molar-refractivity contribution >= 4 is 84.4 Å². The van der Waals surface area contributed by atoms with Gasteiger partial charge in [-0.1, -0.05) is 29.7 Å². The fourth-order valence-corrected chi connectivity index (χ4v) is 8.46. The van der Waals surface area contributed by atoms with Gasteiger partial charge in [-0.15, -0.1) is 16.9 Å². The quantitative estimate of drug-likeness (QED) is 0.0976. The monoisotopic (exact) mass is 729 g/mol. The number of nitrogens with zero attached hydrogens (tertiary/aromatic N) is 8. The molecule has 2 aliphatic heterocycles. The highest BCUT2D eigenvalue weighted by molar-refractivity contribution is 8.44. The van der Waals surface area contributed by atoms with Crippen LogP contribution in [0.1, 0.15) is 11.6 Å². The van der Waals surface area contributed by atoms with E-state index in [4.69, 9.17) is 29.8 Å². The second-order valence-electron chi connectivity index (χ2n) is 9.66. The molecule has 2 fully saturated rings. The molecule has 6 rings (SSSR count). The molecule has 6 N–H and O–H groups in total. The summed E-state index contributed by atoms with van der Waals surface area (Å²) in [4.78, 5) is 30.4. The SMILES string of the molecule is Nc1nc2c(ncn2[C@@H]2S[C@H](CO[PH](=O)S)[C@@H](F)[C@H]2OP(=O)(S)OC[C@H]2O[C@@H](n3nnc4c(N)ncnc43)[C@@H](F)[C@@H]2O)c(=O)[nH]1. The lowest BCUT2D eigenvalue weighted by Crippen LogP contribution is -2.33. The van der Waals surface area contributed by atoms with Gasteiger partial charge in [-0.3, -0.25) is 28.0 Å². The maximum absolute atomic E-state index is 15.8. The molecule has 0 radical (unpaired) electrons. The van der Waals surface area contributed by atoms with E-state index in [9.17, 15) is 19.0 Å². The van der Waals surface area contributed by atoms with Crippen LogP contribution >= 0.6 is 50.3 Å². The number of thioether (sulfide) groups is 1. The van der Waals surface area contributed by atoms with E-state index in [0.29, 0.717) is 0 Å². The third-order valence-corrected chi connectivity index (χ3v) is 10.8. The van der Waals surface area contributed by atoms with Crippen molar-refractivity contribution in [3.05, 3.63) is 23.0 Å². The molecule has 244 valence electrons. The van der Waals surface area contributed by atoms with E-state index in [-0.39, 0.29) is 40.7 Å². The van der Waals surface area contributed by atoms with Gasteiger partial charge in [0, 0.05) is 0 Å². The Balaban J connectivity index is 1.20. The van der Waals surface area contributed by atoms with Gasteiger partial charge in [0.25, 0.3) is 5.56 Å². The van der Waals surface area contributed by atoms with Gasteiger partial charge in [0.1, 0.15) is 36.2 Å². The van der Waals surface area contributed by atoms with Crippen LogP contribution in [0.3, 0.4) is 0 Å². The Morgan fingerprint density at radius 1 is 1.20 bits per heavy atom. The normalized spacial score (nSPS) is 30.7. The number of ether oxygens (including phenoxy) is 1. The smallest absolute Gasteiger partial charge is 0.386 e. The first kappa shape index (κ1) is 32.5. The zero-order valence-corrected chi connectivity index (χ0v) is 26.7. The van der Waals surface area contributed by atoms with Crippen LogP contribution in [0.15, 0.2) is 17.4 Å². The summed E-state index contributed by atoms with van der Waals surface area (Å²) in [7, 11) is -2.73. The summed E-state index contributed by atoms with van der Waals surface area (Å²) in [5.74, 6) is -0.246. The van der Waals surface area contributed by atoms with Gasteiger partial charge in [-0.25, -0.2) is 28.3 Å². The number of aliphatic hydroxyl groups excluding tert-OH is 1. The molecule has 0 amide bonds. The second kappa shape index (κ2) is 12.7. The van der Waals surface area contributed by atoms with Crippen molar-refractivity contribution in [3.8, 4) is 0 Å². The molecule has 0 aromatic carbocycles. The molecule has 6 heterocycles. The van der Waals surface area contributed by atoms with E-state index in [1.165, 1.54) is 10.9 Å². The average molecular weight is 730 g/mol. The Labute approximate surface area is 264 Å². The molecule has 0 aliphatic carbocycles. The highest BCUT2D eigenvalue weighted by atomic mass is 32.7. The zero-order valence-electron chi connectivity index (χ0n) is 22.2. The van der Waals surface area contributed by atoms with Crippen LogP contribution in [-0.2, 0) is 27.4 Å². The Morgan fingerprint density at radius 2 is 1.98 bits per heavy atom. The number of halogens is 2. The van der Waals surface area contributed by atoms with Crippen molar-refractivity contribution in [1.82, 2.24) is 44.5 Å². The third-order valence-electron chi connectivity index (χ3n) is 6.84. The van der Waals surface area contributed by atoms with Gasteiger partial charge in [0.15, 0.2) is 40.5 Å². The number of nitrogens with one attached hydrogen (secondary N) is 1. The van der Waals surface area contributed by atoms with Gasteiger partial charge in [-0.05, 0) is 0 Å². The van der Waals surface area contributed by atoms with Gasteiger partial charge in [-0.2, -0.15) is 9.67 Å². The lowest BCUT2D eigenvalue weighted by molar-refractivity contribution is -0.0495. The summed E-state index contributed by atoms with van der Waals surface area (Å²) < 4.78 is 79.5. The first-order chi connectivity index (χ1) is 21.3. The fourth-order valence-electron chi connectivity index (χ4n) is 4.79. The minimum Gasteiger partial charge on any atom is -0.387 e. The van der Waals surface area contributed by atoms with Gasteiger partial charge >= 0.3 is 6.80 Å². The standard InChI is InChI=1S/C19H23F2N11O8P2S3/c20-7-6(2-37-41(35)43)45-18(31-4-26-10-15(31)27-19(23)28-16(10)34)12(7)40-42(36,44)38-1-5-11(33)8(21)17(39-5)32-14-9(29-30-32)13(22)24-3-25-14/h3-8,11-12,17-18,33,41H,1-2H2,(H,35,43)(H,36,44)(H2,22,24,25)(H3,23,27,28,34)/t5-,6-,7-,8+,11-,12-,17-,18-,42?/m1/s1. The summed E-state index contributed by atoms with van der Waals surface area (Å²) in [6.07, 6.45) is -7.96. The molecule has 26 heteroatoms. The second-order valence-corrected chi connectivity index (χ2v) is 15.8. The average Bonchev–Trinajstić information content (AvgIpc) is 3.73. The summed E-state index contributed by atoms with van der Waals surface area (Å²) in [6, 6.07) is 0. The molecule has 2 unspecified atom stereocenters. The number of nitrogen functional groups attached to an aromatic ring is 2. The summed E-state index contributed by atoms with van der Waals surface area (Å²) in [5, 5.41) is 16.0. The van der Waals surface area contributed by atoms with Crippen LogP contribution in [0.5, 0.6) is 0 Å². The molecule has 45 heavy (non-hydrogen) atoms. The lowest BCUT2D eigenvalue weighted by atomic mass is 10.1. The number of nitrogens with two attached hydrogens (primary N) is 2. The lowest BCUT2D eigenvalue weighted by Gasteiger charge is -2.25. The number of rotatable bonds is 10. The number of anilines is 2. The van der Waals surface area contributed by atoms with Crippen molar-refractivity contribution in [2.24, 2.45) is 0 Å². The summed E-state index contributed by atoms with van der Waals surface area (Å²) in [6.45, 7) is -5.56. The van der Waals surface area contributed by atoms with Crippen molar-refractivity contribution < 1.29 is 41.3 Å². The van der Waals surface area contributed by atoms with Gasteiger partial charge in [0.05, 0.1) is 24.8 Å². The summed E-state index contributed by atoms with van der Waals surface area (Å²) in [5.41, 5.74) is 10.8. The van der Waals surface area contributed by atoms with E-state index < -0.39 is 73.7 Å². The van der Waals surface area contributed by atoms with Crippen LogP contribution in [0.2, 0.25) is 0 Å². The Kier molecular flexibility index (Phi) is 9.15. The number of aromatic nitrogens is 9. The van der Waals surface area contributed by atoms with Crippen LogP contribution in [0.4, 0.5) is 20.5 Å². The largest absolute Gasteiger partial charge is 0.387 e. The van der Waals surface area contributed by atoms with Crippen molar-refractivity contribution in [2.45, 2.75) is 47.5 Å². The molecule has 4 aromatic heterocycles. The Hall–Kier alpha value is -2.40. The topological polar surface area (TPSA) is 263 Å². The van der Waals surface area contributed by atoms with Crippen molar-refractivity contribution in [1.29, 1.82) is 0 Å². The number of aliphatic hydroxyl groups is 1. The number of H-pyrrole nitrogens is 1. The summed E-state index contributed by atoms with van der Waals surface area (Å²) >= 11 is 8.60. The number of thiol groups is 2. The molecule has 4 aromatic rings. The Bertz CT molecular complexity index is 1870. The molecule has 0 saturated carbocycles. The highest BCUT2D eigenvalue weighted by Crippen LogP contribution is 2.59. The van der Waals surface area contributed by atoms with Crippen LogP contribution < -0.4 is 17.0 Å². The predicted molar refractivity (Wildman–Crippen MR) is 162 cm³/mol. The third kappa shape index (κ3) is 6.32. The number of imidazole rings is 1. The minimum absolute atomic E-state index is 0.00803. The van der Waals surface area contributed by atoms with Crippen molar-refractivity contribution in [3.63, 3.8) is 0 Å². The van der Waals surface area contributed by atoms with E-state index in [1.54, 1.807) is 0 Å². The van der Waals surface area contributed by atoms with Crippen molar-refractivity contribution in [2.75, 3.05) is 24.7 Å². The molecule has 10 atom stereocenters. The number of hydrogen-bond acceptors (Lipinski definition) is 17. The van der Waals surface area contributed by atoms with E-state index >= 15 is 8.78 Å². The first-order valence-electron chi connectivity index (χ1n) is 12.7. The predicted octanol–water partition coefficient (Wildman–Crippen LogP) is 0.843. The van der Waals surface area contributed by atoms with E-state index in [2.05, 4.69) is 59.7 Å². The highest BCUT2D eigenvalue weighted by Gasteiger charge is 2.51. The molecular weight excluding hydrogens is 706 g/mol. The maximum atomic E-state index is 15.8.